The molecule has 0 radical (unpaired) electrons. The quantitative estimate of drug-likeness (QED) is 0.767. The van der Waals surface area contributed by atoms with E-state index in [0.29, 0.717) is 24.8 Å². The lowest BCUT2D eigenvalue weighted by Gasteiger charge is -2.26. The zero-order valence-electron chi connectivity index (χ0n) is 14.2. The lowest BCUT2D eigenvalue weighted by molar-refractivity contribution is -0.123. The number of amides is 1. The van der Waals surface area contributed by atoms with Crippen LogP contribution in [0.2, 0.25) is 0 Å². The molecule has 1 aliphatic heterocycles. The van der Waals surface area contributed by atoms with Gasteiger partial charge >= 0.3 is 0 Å². The van der Waals surface area contributed by atoms with E-state index in [9.17, 15) is 9.90 Å². The number of carbonyl (C=O) groups is 1. The Hall–Kier alpha value is -1.33. The Morgan fingerprint density at radius 2 is 2.04 bits per heavy atom. The van der Waals surface area contributed by atoms with E-state index in [1.807, 2.05) is 6.07 Å². The molecule has 5 heteroatoms. The normalized spacial score (nSPS) is 26.0. The van der Waals surface area contributed by atoms with Gasteiger partial charge in [-0.15, -0.1) is 0 Å². The Bertz CT molecular complexity index is 539. The summed E-state index contributed by atoms with van der Waals surface area (Å²) in [7, 11) is 0. The van der Waals surface area contributed by atoms with E-state index in [0.717, 1.165) is 31.2 Å². The maximum atomic E-state index is 12.5. The molecule has 3 fully saturated rings. The van der Waals surface area contributed by atoms with Gasteiger partial charge in [-0.05, 0) is 75.5 Å². The van der Waals surface area contributed by atoms with E-state index in [2.05, 4.69) is 10.2 Å². The van der Waals surface area contributed by atoms with Crippen molar-refractivity contribution in [3.63, 3.8) is 0 Å². The van der Waals surface area contributed by atoms with Gasteiger partial charge in [0, 0.05) is 12.1 Å². The third-order valence-electron chi connectivity index (χ3n) is 5.80. The minimum absolute atomic E-state index is 0.165. The minimum Gasteiger partial charge on any atom is -0.467 e. The molecule has 1 saturated heterocycles. The first-order valence-corrected chi connectivity index (χ1v) is 9.45. The minimum atomic E-state index is -0.584. The summed E-state index contributed by atoms with van der Waals surface area (Å²) in [6.45, 7) is 1.41. The van der Waals surface area contributed by atoms with Gasteiger partial charge in [0.05, 0.1) is 12.8 Å². The Morgan fingerprint density at radius 3 is 2.67 bits per heavy atom. The highest BCUT2D eigenvalue weighted by molar-refractivity contribution is 5.78. The lowest BCUT2D eigenvalue weighted by Crippen LogP contribution is -2.45. The SMILES string of the molecule is O=C(CN1CCCC1CC(O)c1ccco1)NC(C1CC1)C1CC1. The van der Waals surface area contributed by atoms with Crippen molar-refractivity contribution < 1.29 is 14.3 Å². The maximum absolute atomic E-state index is 12.5. The van der Waals surface area contributed by atoms with Crippen LogP contribution in [0.4, 0.5) is 0 Å². The highest BCUT2D eigenvalue weighted by Gasteiger charge is 2.42. The van der Waals surface area contributed by atoms with Crippen LogP contribution in [0.3, 0.4) is 0 Å². The Balaban J connectivity index is 1.29. The molecule has 1 amide bonds. The van der Waals surface area contributed by atoms with Crippen LogP contribution in [-0.4, -0.2) is 41.1 Å². The molecular weight excluding hydrogens is 304 g/mol. The molecule has 2 unspecified atom stereocenters. The molecule has 132 valence electrons. The molecule has 2 heterocycles. The van der Waals surface area contributed by atoms with Gasteiger partial charge in [0.1, 0.15) is 11.9 Å². The fourth-order valence-corrected chi connectivity index (χ4v) is 4.17. The van der Waals surface area contributed by atoms with E-state index in [4.69, 9.17) is 4.42 Å². The van der Waals surface area contributed by atoms with Crippen molar-refractivity contribution in [1.29, 1.82) is 0 Å². The number of aliphatic hydroxyl groups excluding tert-OH is 1. The van der Waals surface area contributed by atoms with Crippen LogP contribution >= 0.6 is 0 Å². The maximum Gasteiger partial charge on any atom is 0.234 e. The van der Waals surface area contributed by atoms with Gasteiger partial charge in [-0.3, -0.25) is 9.69 Å². The Kier molecular flexibility index (Phi) is 4.63. The summed E-state index contributed by atoms with van der Waals surface area (Å²) in [5.41, 5.74) is 0. The molecule has 2 aliphatic carbocycles. The summed E-state index contributed by atoms with van der Waals surface area (Å²) in [5.74, 6) is 2.25. The van der Waals surface area contributed by atoms with Crippen LogP contribution in [-0.2, 0) is 4.79 Å². The average Bonchev–Trinajstić information content (AvgIpc) is 3.49. The summed E-state index contributed by atoms with van der Waals surface area (Å²) < 4.78 is 5.29. The van der Waals surface area contributed by atoms with Crippen molar-refractivity contribution in [2.75, 3.05) is 13.1 Å². The van der Waals surface area contributed by atoms with Gasteiger partial charge < -0.3 is 14.8 Å². The van der Waals surface area contributed by atoms with Crippen LogP contribution in [0.1, 0.15) is 56.8 Å². The second-order valence-corrected chi connectivity index (χ2v) is 7.80. The molecule has 1 aromatic heterocycles. The second kappa shape index (κ2) is 6.89. The van der Waals surface area contributed by atoms with Crippen LogP contribution in [0, 0.1) is 11.8 Å². The zero-order valence-corrected chi connectivity index (χ0v) is 14.2. The molecule has 2 atom stereocenters. The monoisotopic (exact) mass is 332 g/mol. The number of rotatable bonds is 8. The number of carbonyl (C=O) groups excluding carboxylic acids is 1. The number of likely N-dealkylation sites (tertiary alicyclic amines) is 1. The van der Waals surface area contributed by atoms with Gasteiger partial charge in [-0.2, -0.15) is 0 Å². The van der Waals surface area contributed by atoms with Crippen molar-refractivity contribution in [2.45, 2.75) is 63.1 Å². The number of hydrogen-bond acceptors (Lipinski definition) is 4. The van der Waals surface area contributed by atoms with Gasteiger partial charge in [0.25, 0.3) is 0 Å². The summed E-state index contributed by atoms with van der Waals surface area (Å²) in [6, 6.07) is 4.30. The Morgan fingerprint density at radius 1 is 1.29 bits per heavy atom. The highest BCUT2D eigenvalue weighted by Crippen LogP contribution is 2.44. The third kappa shape index (κ3) is 3.83. The molecule has 3 aliphatic rings. The molecule has 1 aromatic rings. The van der Waals surface area contributed by atoms with Crippen LogP contribution in [0.15, 0.2) is 22.8 Å². The van der Waals surface area contributed by atoms with Gasteiger partial charge in [0.15, 0.2) is 0 Å². The predicted octanol–water partition coefficient (Wildman–Crippen LogP) is 2.47. The number of nitrogens with zero attached hydrogens (tertiary/aromatic N) is 1. The predicted molar refractivity (Wildman–Crippen MR) is 90.3 cm³/mol. The molecule has 24 heavy (non-hydrogen) atoms. The standard InChI is InChI=1S/C19H28N2O3/c22-16(17-4-2-10-24-17)11-15-3-1-9-21(15)12-18(23)20-19(13-5-6-13)14-7-8-14/h2,4,10,13-16,19,22H,1,3,5-9,11-12H2,(H,20,23). The Labute approximate surface area is 143 Å². The molecule has 2 saturated carbocycles. The first-order chi connectivity index (χ1) is 11.7. The van der Waals surface area contributed by atoms with E-state index >= 15 is 0 Å². The van der Waals surface area contributed by atoms with Gasteiger partial charge in [0.2, 0.25) is 5.91 Å². The number of hydrogen-bond donors (Lipinski definition) is 2. The van der Waals surface area contributed by atoms with Gasteiger partial charge in [-0.1, -0.05) is 0 Å². The number of nitrogens with one attached hydrogen (secondary N) is 1. The van der Waals surface area contributed by atoms with E-state index < -0.39 is 6.10 Å². The van der Waals surface area contributed by atoms with Crippen LogP contribution in [0.5, 0.6) is 0 Å². The lowest BCUT2D eigenvalue weighted by atomic mass is 10.0. The summed E-state index contributed by atoms with van der Waals surface area (Å²) in [6.07, 6.45) is 8.90. The van der Waals surface area contributed by atoms with Crippen molar-refractivity contribution in [2.24, 2.45) is 11.8 Å². The first kappa shape index (κ1) is 16.2. The summed E-state index contributed by atoms with van der Waals surface area (Å²) in [5, 5.41) is 13.6. The molecule has 0 spiro atoms. The molecule has 5 nitrogen and oxygen atoms in total. The average molecular weight is 332 g/mol. The summed E-state index contributed by atoms with van der Waals surface area (Å²) >= 11 is 0. The van der Waals surface area contributed by atoms with E-state index in [-0.39, 0.29) is 11.9 Å². The first-order valence-electron chi connectivity index (χ1n) is 9.45. The molecule has 4 rings (SSSR count). The number of furan rings is 1. The third-order valence-corrected chi connectivity index (χ3v) is 5.80. The topological polar surface area (TPSA) is 65.7 Å². The van der Waals surface area contributed by atoms with E-state index in [1.54, 1.807) is 12.3 Å². The highest BCUT2D eigenvalue weighted by atomic mass is 16.4. The van der Waals surface area contributed by atoms with Crippen molar-refractivity contribution in [3.8, 4) is 0 Å². The molecular formula is C19H28N2O3. The van der Waals surface area contributed by atoms with Crippen LogP contribution < -0.4 is 5.32 Å². The number of aliphatic hydroxyl groups is 1. The second-order valence-electron chi connectivity index (χ2n) is 7.80. The molecule has 2 N–H and O–H groups in total. The fraction of sp³-hybridized carbons (Fsp3) is 0.737. The largest absolute Gasteiger partial charge is 0.467 e. The van der Waals surface area contributed by atoms with Crippen molar-refractivity contribution in [3.05, 3.63) is 24.2 Å². The zero-order chi connectivity index (χ0) is 16.5. The molecule has 0 aromatic carbocycles. The molecule has 0 bridgehead atoms. The van der Waals surface area contributed by atoms with Crippen molar-refractivity contribution >= 4 is 5.91 Å². The smallest absolute Gasteiger partial charge is 0.234 e. The fourth-order valence-electron chi connectivity index (χ4n) is 4.17. The van der Waals surface area contributed by atoms with Crippen molar-refractivity contribution in [1.82, 2.24) is 10.2 Å². The van der Waals surface area contributed by atoms with Crippen LogP contribution in [0.25, 0.3) is 0 Å². The van der Waals surface area contributed by atoms with E-state index in [1.165, 1.54) is 25.7 Å². The summed E-state index contributed by atoms with van der Waals surface area (Å²) in [4.78, 5) is 14.7. The van der Waals surface area contributed by atoms with Gasteiger partial charge in [-0.25, -0.2) is 0 Å².